The third kappa shape index (κ3) is 4.80. The lowest BCUT2D eigenvalue weighted by Crippen LogP contribution is -2.35. The molecule has 0 aromatic carbocycles. The van der Waals surface area contributed by atoms with Gasteiger partial charge < -0.3 is 21.1 Å². The normalized spacial score (nSPS) is 16.0. The van der Waals surface area contributed by atoms with Crippen LogP contribution in [-0.4, -0.2) is 40.7 Å². The molecular weight excluding hydrogens is 190 g/mol. The summed E-state index contributed by atoms with van der Waals surface area (Å²) in [5.74, 6) is 0. The largest absolute Gasteiger partial charge is 0.394 e. The Hall–Kier alpha value is 0.320. The second kappa shape index (κ2) is 6.44. The van der Waals surface area contributed by atoms with Crippen molar-refractivity contribution in [2.24, 2.45) is 5.73 Å². The third-order valence-electron chi connectivity index (χ3n) is 0.873. The molecule has 0 radical (unpaired) electrons. The topological polar surface area (TPSA) is 86.7 Å². The Morgan fingerprint density at radius 3 is 1.78 bits per heavy atom. The zero-order chi connectivity index (χ0) is 6.57. The second-order valence-electron chi connectivity index (χ2n) is 1.55. The summed E-state index contributed by atoms with van der Waals surface area (Å²) in [6.07, 6.45) is -2.10. The molecular formula is C4H12BrNO3. The van der Waals surface area contributed by atoms with Gasteiger partial charge in [-0.3, -0.25) is 0 Å². The number of halogens is 1. The van der Waals surface area contributed by atoms with Crippen molar-refractivity contribution in [1.29, 1.82) is 0 Å². The predicted molar refractivity (Wildman–Crippen MR) is 38.5 cm³/mol. The lowest BCUT2D eigenvalue weighted by Gasteiger charge is -2.11. The fraction of sp³-hybridized carbons (Fsp3) is 1.00. The highest BCUT2D eigenvalue weighted by Crippen LogP contribution is 1.87. The molecule has 0 saturated carbocycles. The van der Waals surface area contributed by atoms with E-state index in [-0.39, 0.29) is 23.5 Å². The molecule has 0 aliphatic carbocycles. The van der Waals surface area contributed by atoms with Gasteiger partial charge in [0.25, 0.3) is 0 Å². The fourth-order valence-electron chi connectivity index (χ4n) is 0.279. The van der Waals surface area contributed by atoms with E-state index in [2.05, 4.69) is 0 Å². The average Bonchev–Trinajstić information content (AvgIpc) is 1.84. The van der Waals surface area contributed by atoms with E-state index in [0.717, 1.165) is 0 Å². The quantitative estimate of drug-likeness (QED) is 0.436. The first-order valence-electron chi connectivity index (χ1n) is 2.39. The van der Waals surface area contributed by atoms with Crippen LogP contribution in [0.2, 0.25) is 0 Å². The van der Waals surface area contributed by atoms with Crippen molar-refractivity contribution in [1.82, 2.24) is 0 Å². The van der Waals surface area contributed by atoms with E-state index in [1.54, 1.807) is 0 Å². The molecule has 5 heteroatoms. The van der Waals surface area contributed by atoms with Gasteiger partial charge in [-0.05, 0) is 0 Å². The van der Waals surface area contributed by atoms with Crippen LogP contribution in [0.5, 0.6) is 0 Å². The third-order valence-corrected chi connectivity index (χ3v) is 0.873. The smallest absolute Gasteiger partial charge is 0.104 e. The van der Waals surface area contributed by atoms with Crippen LogP contribution in [0.25, 0.3) is 0 Å². The van der Waals surface area contributed by atoms with E-state index in [1.807, 2.05) is 0 Å². The average molecular weight is 202 g/mol. The summed E-state index contributed by atoms with van der Waals surface area (Å²) in [6, 6.07) is 0. The Balaban J connectivity index is 0. The molecule has 0 spiro atoms. The molecule has 2 atom stereocenters. The van der Waals surface area contributed by atoms with Crippen molar-refractivity contribution in [3.63, 3.8) is 0 Å². The van der Waals surface area contributed by atoms with Crippen LogP contribution in [-0.2, 0) is 0 Å². The van der Waals surface area contributed by atoms with Gasteiger partial charge in [-0.2, -0.15) is 0 Å². The van der Waals surface area contributed by atoms with E-state index in [0.29, 0.717) is 0 Å². The van der Waals surface area contributed by atoms with Crippen molar-refractivity contribution in [2.45, 2.75) is 12.2 Å². The van der Waals surface area contributed by atoms with Gasteiger partial charge in [0.15, 0.2) is 0 Å². The molecule has 0 bridgehead atoms. The number of aliphatic hydroxyl groups is 3. The molecule has 58 valence electrons. The van der Waals surface area contributed by atoms with Crippen LogP contribution in [0.1, 0.15) is 0 Å². The molecule has 0 aliphatic rings. The summed E-state index contributed by atoms with van der Waals surface area (Å²) in [6.45, 7) is -0.472. The number of hydrogen-bond acceptors (Lipinski definition) is 4. The summed E-state index contributed by atoms with van der Waals surface area (Å²) in [5.41, 5.74) is 4.93. The van der Waals surface area contributed by atoms with Gasteiger partial charge in [0.2, 0.25) is 0 Å². The van der Waals surface area contributed by atoms with Crippen LogP contribution in [0, 0.1) is 0 Å². The summed E-state index contributed by atoms with van der Waals surface area (Å²) in [5, 5.41) is 25.3. The number of nitrogens with two attached hydrogens (primary N) is 1. The Morgan fingerprint density at radius 2 is 1.67 bits per heavy atom. The first-order chi connectivity index (χ1) is 3.72. The molecule has 0 saturated heterocycles. The Kier molecular flexibility index (Phi) is 8.62. The van der Waals surface area contributed by atoms with Crippen molar-refractivity contribution < 1.29 is 15.3 Å². The Morgan fingerprint density at radius 1 is 1.22 bits per heavy atom. The summed E-state index contributed by atoms with van der Waals surface area (Å²) in [4.78, 5) is 0. The van der Waals surface area contributed by atoms with Gasteiger partial charge in [-0.25, -0.2) is 0 Å². The maximum atomic E-state index is 8.59. The van der Waals surface area contributed by atoms with Gasteiger partial charge in [0.05, 0.1) is 12.7 Å². The van der Waals surface area contributed by atoms with Crippen molar-refractivity contribution in [3.05, 3.63) is 0 Å². The zero-order valence-electron chi connectivity index (χ0n) is 4.90. The standard InChI is InChI=1S/C4H11NO3.BrH/c5-1-3(7)4(8)2-6;/h3-4,6-8H,1-2,5H2;1H/t3-,4+;/m0./s1. The Bertz CT molecular complexity index is 55.8. The van der Waals surface area contributed by atoms with E-state index < -0.39 is 18.8 Å². The second-order valence-corrected chi connectivity index (χ2v) is 1.55. The maximum absolute atomic E-state index is 8.59. The number of rotatable bonds is 3. The predicted octanol–water partition coefficient (Wildman–Crippen LogP) is -1.76. The van der Waals surface area contributed by atoms with Gasteiger partial charge in [-0.1, -0.05) is 0 Å². The molecule has 0 heterocycles. The number of aliphatic hydroxyl groups excluding tert-OH is 3. The Labute approximate surface area is 64.1 Å². The van der Waals surface area contributed by atoms with Crippen molar-refractivity contribution in [3.8, 4) is 0 Å². The molecule has 0 aromatic heterocycles. The molecule has 0 unspecified atom stereocenters. The highest BCUT2D eigenvalue weighted by Gasteiger charge is 2.11. The highest BCUT2D eigenvalue weighted by molar-refractivity contribution is 8.93. The first-order valence-corrected chi connectivity index (χ1v) is 2.39. The van der Waals surface area contributed by atoms with Crippen molar-refractivity contribution in [2.75, 3.05) is 13.2 Å². The maximum Gasteiger partial charge on any atom is 0.104 e. The minimum absolute atomic E-state index is 0. The molecule has 0 aliphatic heterocycles. The van der Waals surface area contributed by atoms with Gasteiger partial charge in [0, 0.05) is 6.54 Å². The van der Waals surface area contributed by atoms with Crippen LogP contribution < -0.4 is 5.73 Å². The lowest BCUT2D eigenvalue weighted by molar-refractivity contribution is -0.00894. The van der Waals surface area contributed by atoms with Gasteiger partial charge >= 0.3 is 0 Å². The minimum Gasteiger partial charge on any atom is -0.394 e. The first kappa shape index (κ1) is 12.0. The molecule has 0 fully saturated rings. The van der Waals surface area contributed by atoms with E-state index in [1.165, 1.54) is 0 Å². The van der Waals surface area contributed by atoms with Gasteiger partial charge in [0.1, 0.15) is 6.10 Å². The van der Waals surface area contributed by atoms with Crippen LogP contribution in [0.15, 0.2) is 0 Å². The van der Waals surface area contributed by atoms with Crippen LogP contribution in [0.4, 0.5) is 0 Å². The minimum atomic E-state index is -1.10. The summed E-state index contributed by atoms with van der Waals surface area (Å²) in [7, 11) is 0. The molecule has 9 heavy (non-hydrogen) atoms. The number of hydrogen-bond donors (Lipinski definition) is 4. The lowest BCUT2D eigenvalue weighted by atomic mass is 10.2. The highest BCUT2D eigenvalue weighted by atomic mass is 79.9. The van der Waals surface area contributed by atoms with Crippen LogP contribution in [0.3, 0.4) is 0 Å². The molecule has 4 nitrogen and oxygen atoms in total. The van der Waals surface area contributed by atoms with Gasteiger partial charge in [-0.15, -0.1) is 17.0 Å². The SMILES string of the molecule is Br.NC[C@H](O)[C@H](O)CO. The van der Waals surface area contributed by atoms with Crippen LogP contribution >= 0.6 is 17.0 Å². The fourth-order valence-corrected chi connectivity index (χ4v) is 0.279. The molecule has 0 amide bonds. The molecule has 0 aromatic rings. The van der Waals surface area contributed by atoms with Crippen molar-refractivity contribution >= 4 is 17.0 Å². The monoisotopic (exact) mass is 201 g/mol. The van der Waals surface area contributed by atoms with E-state index >= 15 is 0 Å². The summed E-state index contributed by atoms with van der Waals surface area (Å²) < 4.78 is 0. The zero-order valence-corrected chi connectivity index (χ0v) is 6.61. The molecule has 5 N–H and O–H groups in total. The van der Waals surface area contributed by atoms with E-state index in [9.17, 15) is 0 Å². The van der Waals surface area contributed by atoms with E-state index in [4.69, 9.17) is 21.1 Å². The molecule has 0 rings (SSSR count). The summed E-state index contributed by atoms with van der Waals surface area (Å²) >= 11 is 0.